The SMILES string of the molecule is CS(=O)c1cc(=O)[nH]cn1. The summed E-state index contributed by atoms with van der Waals surface area (Å²) in [5, 5.41) is 0.309. The van der Waals surface area contributed by atoms with Crippen LogP contribution in [0, 0.1) is 0 Å². The molecule has 1 unspecified atom stereocenters. The molecule has 1 heterocycles. The fourth-order valence-corrected chi connectivity index (χ4v) is 0.982. The number of aromatic nitrogens is 2. The molecule has 1 aromatic heterocycles. The second-order valence-electron chi connectivity index (χ2n) is 1.70. The van der Waals surface area contributed by atoms with Gasteiger partial charge in [0.25, 0.3) is 5.56 Å². The van der Waals surface area contributed by atoms with Gasteiger partial charge in [0.15, 0.2) is 0 Å². The third-order valence-electron chi connectivity index (χ3n) is 0.948. The molecule has 1 rings (SSSR count). The van der Waals surface area contributed by atoms with Gasteiger partial charge in [0, 0.05) is 12.3 Å². The number of hydrogen-bond acceptors (Lipinski definition) is 3. The van der Waals surface area contributed by atoms with Crippen LogP contribution in [0.1, 0.15) is 0 Å². The predicted octanol–water partition coefficient (Wildman–Crippen LogP) is -0.493. The Hall–Kier alpha value is -0.970. The Labute approximate surface area is 59.8 Å². The average molecular weight is 158 g/mol. The average Bonchev–Trinajstić information content (AvgIpc) is 1.88. The van der Waals surface area contributed by atoms with E-state index in [1.54, 1.807) is 0 Å². The molecule has 0 aliphatic heterocycles. The first kappa shape index (κ1) is 7.14. The molecule has 1 aromatic rings. The summed E-state index contributed by atoms with van der Waals surface area (Å²) in [5.74, 6) is 0. The summed E-state index contributed by atoms with van der Waals surface area (Å²) in [5.41, 5.74) is -0.278. The minimum Gasteiger partial charge on any atom is -0.313 e. The fraction of sp³-hybridized carbons (Fsp3) is 0.200. The molecular weight excluding hydrogens is 152 g/mol. The molecule has 0 radical (unpaired) electrons. The van der Waals surface area contributed by atoms with Gasteiger partial charge in [0.1, 0.15) is 5.03 Å². The van der Waals surface area contributed by atoms with E-state index in [1.807, 2.05) is 0 Å². The molecule has 0 aromatic carbocycles. The Morgan fingerprint density at radius 3 is 2.80 bits per heavy atom. The first-order valence-corrected chi connectivity index (χ1v) is 4.14. The van der Waals surface area contributed by atoms with Gasteiger partial charge >= 0.3 is 0 Å². The first-order chi connectivity index (χ1) is 4.70. The van der Waals surface area contributed by atoms with Crippen LogP contribution in [0.4, 0.5) is 0 Å². The molecule has 54 valence electrons. The van der Waals surface area contributed by atoms with E-state index in [-0.39, 0.29) is 5.56 Å². The van der Waals surface area contributed by atoms with Crippen LogP contribution < -0.4 is 5.56 Å². The van der Waals surface area contributed by atoms with E-state index in [9.17, 15) is 9.00 Å². The van der Waals surface area contributed by atoms with E-state index in [0.29, 0.717) is 5.03 Å². The number of H-pyrrole nitrogens is 1. The van der Waals surface area contributed by atoms with Crippen molar-refractivity contribution in [3.8, 4) is 0 Å². The van der Waals surface area contributed by atoms with E-state index in [2.05, 4.69) is 9.97 Å². The first-order valence-electron chi connectivity index (χ1n) is 2.58. The summed E-state index contributed by atoms with van der Waals surface area (Å²) in [4.78, 5) is 16.6. The van der Waals surface area contributed by atoms with Crippen LogP contribution in [0.5, 0.6) is 0 Å². The number of aromatic amines is 1. The maximum atomic E-state index is 10.7. The molecule has 4 nitrogen and oxygen atoms in total. The third-order valence-corrected chi connectivity index (χ3v) is 1.76. The number of hydrogen-bond donors (Lipinski definition) is 1. The highest BCUT2D eigenvalue weighted by Crippen LogP contribution is 1.91. The van der Waals surface area contributed by atoms with E-state index >= 15 is 0 Å². The summed E-state index contributed by atoms with van der Waals surface area (Å²) in [6.45, 7) is 0. The fourth-order valence-electron chi connectivity index (χ4n) is 0.508. The Morgan fingerprint density at radius 1 is 1.70 bits per heavy atom. The van der Waals surface area contributed by atoms with Crippen molar-refractivity contribution in [3.05, 3.63) is 22.7 Å². The van der Waals surface area contributed by atoms with Crippen molar-refractivity contribution in [2.45, 2.75) is 5.03 Å². The number of nitrogens with zero attached hydrogens (tertiary/aromatic N) is 1. The smallest absolute Gasteiger partial charge is 0.251 e. The van der Waals surface area contributed by atoms with Crippen LogP contribution in [-0.2, 0) is 10.8 Å². The van der Waals surface area contributed by atoms with Crippen molar-refractivity contribution >= 4 is 10.8 Å². The summed E-state index contributed by atoms with van der Waals surface area (Å²) < 4.78 is 10.7. The van der Waals surface area contributed by atoms with Gasteiger partial charge in [0.05, 0.1) is 17.1 Å². The highest BCUT2D eigenvalue weighted by atomic mass is 32.2. The molecule has 0 fully saturated rings. The lowest BCUT2D eigenvalue weighted by atomic mass is 10.7. The van der Waals surface area contributed by atoms with Crippen molar-refractivity contribution in [3.63, 3.8) is 0 Å². The molecule has 0 amide bonds. The molecule has 0 saturated heterocycles. The molecule has 0 saturated carbocycles. The normalized spacial score (nSPS) is 12.9. The molecule has 1 N–H and O–H groups in total. The zero-order valence-electron chi connectivity index (χ0n) is 5.33. The maximum Gasteiger partial charge on any atom is 0.251 e. The van der Waals surface area contributed by atoms with Crippen molar-refractivity contribution in [1.29, 1.82) is 0 Å². The van der Waals surface area contributed by atoms with E-state index in [1.165, 1.54) is 18.6 Å². The van der Waals surface area contributed by atoms with Crippen molar-refractivity contribution in [1.82, 2.24) is 9.97 Å². The van der Waals surface area contributed by atoms with Crippen LogP contribution in [0.3, 0.4) is 0 Å². The molecule has 0 aliphatic rings. The van der Waals surface area contributed by atoms with Crippen molar-refractivity contribution < 1.29 is 4.21 Å². The zero-order valence-corrected chi connectivity index (χ0v) is 6.14. The quantitative estimate of drug-likeness (QED) is 0.561. The van der Waals surface area contributed by atoms with Crippen LogP contribution in [0.2, 0.25) is 0 Å². The number of rotatable bonds is 1. The topological polar surface area (TPSA) is 62.8 Å². The van der Waals surface area contributed by atoms with Gasteiger partial charge in [-0.05, 0) is 0 Å². The van der Waals surface area contributed by atoms with Gasteiger partial charge in [-0.25, -0.2) is 4.98 Å². The second-order valence-corrected chi connectivity index (χ2v) is 3.03. The zero-order chi connectivity index (χ0) is 7.56. The van der Waals surface area contributed by atoms with Gasteiger partial charge in [-0.1, -0.05) is 0 Å². The second kappa shape index (κ2) is 2.74. The lowest BCUT2D eigenvalue weighted by Gasteiger charge is -1.89. The lowest BCUT2D eigenvalue weighted by molar-refractivity contribution is 0.683. The minimum absolute atomic E-state index is 0.278. The van der Waals surface area contributed by atoms with E-state index in [0.717, 1.165) is 0 Å². The Morgan fingerprint density at radius 2 is 2.40 bits per heavy atom. The molecule has 0 spiro atoms. The largest absolute Gasteiger partial charge is 0.313 e. The van der Waals surface area contributed by atoms with Gasteiger partial charge in [-0.15, -0.1) is 0 Å². The summed E-state index contributed by atoms with van der Waals surface area (Å²) >= 11 is 0. The van der Waals surface area contributed by atoms with Crippen LogP contribution >= 0.6 is 0 Å². The van der Waals surface area contributed by atoms with E-state index in [4.69, 9.17) is 0 Å². The highest BCUT2D eigenvalue weighted by molar-refractivity contribution is 7.84. The Kier molecular flexibility index (Phi) is 1.96. The predicted molar refractivity (Wildman–Crippen MR) is 37.2 cm³/mol. The minimum atomic E-state index is -1.17. The van der Waals surface area contributed by atoms with Crippen molar-refractivity contribution in [2.75, 3.05) is 6.26 Å². The van der Waals surface area contributed by atoms with Gasteiger partial charge in [-0.3, -0.25) is 9.00 Å². The Balaban J connectivity index is 3.20. The van der Waals surface area contributed by atoms with Gasteiger partial charge in [0.2, 0.25) is 0 Å². The monoisotopic (exact) mass is 158 g/mol. The Bertz CT molecular complexity index is 307. The maximum absolute atomic E-state index is 10.7. The van der Waals surface area contributed by atoms with Gasteiger partial charge < -0.3 is 4.98 Å². The number of nitrogens with one attached hydrogen (secondary N) is 1. The molecule has 5 heteroatoms. The molecule has 10 heavy (non-hydrogen) atoms. The van der Waals surface area contributed by atoms with Crippen LogP contribution in [0.25, 0.3) is 0 Å². The van der Waals surface area contributed by atoms with Gasteiger partial charge in [-0.2, -0.15) is 0 Å². The van der Waals surface area contributed by atoms with E-state index < -0.39 is 10.8 Å². The van der Waals surface area contributed by atoms with Crippen LogP contribution in [0.15, 0.2) is 22.2 Å². The highest BCUT2D eigenvalue weighted by Gasteiger charge is 1.96. The molecular formula is C5H6N2O2S. The molecule has 1 atom stereocenters. The summed E-state index contributed by atoms with van der Waals surface area (Å²) in [6.07, 6.45) is 2.71. The summed E-state index contributed by atoms with van der Waals surface area (Å²) in [6, 6.07) is 1.22. The summed E-state index contributed by atoms with van der Waals surface area (Å²) in [7, 11) is -1.17. The molecule has 0 bridgehead atoms. The standard InChI is InChI=1S/C5H6N2O2S/c1-10(9)5-2-4(8)6-3-7-5/h2-3H,1H3,(H,6,7,8). The lowest BCUT2D eigenvalue weighted by Crippen LogP contribution is -2.06. The third kappa shape index (κ3) is 1.51. The molecule has 0 aliphatic carbocycles. The van der Waals surface area contributed by atoms with Crippen molar-refractivity contribution in [2.24, 2.45) is 0 Å². The van der Waals surface area contributed by atoms with Crippen LogP contribution in [-0.4, -0.2) is 20.4 Å².